The molecular weight excluding hydrogens is 339 g/mol. The third-order valence-corrected chi connectivity index (χ3v) is 4.89. The Labute approximate surface area is 157 Å². The molecule has 3 heteroatoms. The fraction of sp³-hybridized carbons (Fsp3) is 0.174. The Hall–Kier alpha value is -2.28. The van der Waals surface area contributed by atoms with E-state index >= 15 is 0 Å². The van der Waals surface area contributed by atoms with E-state index in [-0.39, 0.29) is 5.78 Å². The molecule has 3 aromatic rings. The molecule has 0 aliphatic heterocycles. The van der Waals surface area contributed by atoms with Crippen LogP contribution in [0.2, 0.25) is 0 Å². The fourth-order valence-electron chi connectivity index (χ4n) is 2.88. The van der Waals surface area contributed by atoms with Crippen LogP contribution in [-0.4, -0.2) is 16.5 Å². The number of hydrogen-bond donors (Lipinski definition) is 1. The topological polar surface area (TPSA) is 37.3 Å². The first-order valence-electron chi connectivity index (χ1n) is 8.65. The van der Waals surface area contributed by atoms with Gasteiger partial charge in [0.1, 0.15) is 5.60 Å². The lowest BCUT2D eigenvalue weighted by Gasteiger charge is -2.16. The van der Waals surface area contributed by atoms with E-state index in [9.17, 15) is 9.90 Å². The van der Waals surface area contributed by atoms with Crippen LogP contribution in [0.25, 0.3) is 22.3 Å². The van der Waals surface area contributed by atoms with Crippen LogP contribution in [0.1, 0.15) is 29.8 Å². The minimum atomic E-state index is -1.37. The van der Waals surface area contributed by atoms with Crippen LogP contribution in [0.4, 0.5) is 0 Å². The van der Waals surface area contributed by atoms with Crippen molar-refractivity contribution in [2.24, 2.45) is 0 Å². The van der Waals surface area contributed by atoms with Crippen LogP contribution in [-0.2, 0) is 6.16 Å². The Kier molecular flexibility index (Phi) is 5.36. The van der Waals surface area contributed by atoms with E-state index in [0.717, 1.165) is 22.9 Å². The summed E-state index contributed by atoms with van der Waals surface area (Å²) in [7, 11) is 2.74. The fourth-order valence-corrected chi connectivity index (χ4v) is 3.15. The summed E-state index contributed by atoms with van der Waals surface area (Å²) in [6, 6.07) is 24.3. The zero-order valence-corrected chi connectivity index (χ0v) is 16.2. The van der Waals surface area contributed by atoms with Crippen LogP contribution >= 0.6 is 9.24 Å². The maximum Gasteiger partial charge on any atom is 0.193 e. The van der Waals surface area contributed by atoms with Gasteiger partial charge in [0.25, 0.3) is 0 Å². The highest BCUT2D eigenvalue weighted by atomic mass is 31.0. The molecule has 1 atom stereocenters. The minimum Gasteiger partial charge on any atom is -0.382 e. The van der Waals surface area contributed by atoms with Crippen LogP contribution < -0.4 is 0 Å². The normalized spacial score (nSPS) is 11.4. The maximum absolute atomic E-state index is 12.3. The van der Waals surface area contributed by atoms with Gasteiger partial charge in [-0.1, -0.05) is 66.7 Å². The molecule has 0 amide bonds. The highest BCUT2D eigenvalue weighted by molar-refractivity contribution is 7.15. The van der Waals surface area contributed by atoms with Gasteiger partial charge in [-0.3, -0.25) is 4.79 Å². The lowest BCUT2D eigenvalue weighted by molar-refractivity contribution is 0.0488. The zero-order valence-electron chi connectivity index (χ0n) is 15.1. The van der Waals surface area contributed by atoms with Gasteiger partial charge in [-0.2, -0.15) is 0 Å². The number of rotatable bonds is 5. The van der Waals surface area contributed by atoms with E-state index < -0.39 is 5.60 Å². The molecule has 2 nitrogen and oxygen atoms in total. The summed E-state index contributed by atoms with van der Waals surface area (Å²) in [5.41, 5.74) is 4.80. The average Bonchev–Trinajstić information content (AvgIpc) is 2.67. The quantitative estimate of drug-likeness (QED) is 0.491. The number of hydrogen-bond acceptors (Lipinski definition) is 2. The molecule has 0 radical (unpaired) electrons. The Bertz CT molecular complexity index is 904. The van der Waals surface area contributed by atoms with Gasteiger partial charge in [0.05, 0.1) is 0 Å². The summed E-state index contributed by atoms with van der Waals surface area (Å²) < 4.78 is 0. The van der Waals surface area contributed by atoms with Crippen molar-refractivity contribution in [2.75, 3.05) is 0 Å². The van der Waals surface area contributed by atoms with Crippen molar-refractivity contribution in [2.45, 2.75) is 25.6 Å². The van der Waals surface area contributed by atoms with Crippen molar-refractivity contribution in [3.8, 4) is 22.3 Å². The average molecular weight is 362 g/mol. The van der Waals surface area contributed by atoms with E-state index in [4.69, 9.17) is 0 Å². The van der Waals surface area contributed by atoms with E-state index in [1.165, 1.54) is 25.0 Å². The van der Waals surface area contributed by atoms with Gasteiger partial charge in [0.15, 0.2) is 5.78 Å². The van der Waals surface area contributed by atoms with Gasteiger partial charge in [-0.25, -0.2) is 0 Å². The standard InChI is InChI=1S/C23H23O2P/c1-23(2,25)22(24)21-5-3-4-20(14-21)19-12-10-18(11-13-19)17-8-6-16(15-26)7-9-17/h3-14,25H,15,26H2,1-2H3. The second-order valence-corrected chi connectivity index (χ2v) is 7.36. The number of aliphatic hydroxyl groups is 1. The number of benzene rings is 3. The number of ketones is 1. The summed E-state index contributed by atoms with van der Waals surface area (Å²) in [5.74, 6) is -0.273. The molecule has 0 saturated carbocycles. The van der Waals surface area contributed by atoms with Gasteiger partial charge >= 0.3 is 0 Å². The zero-order chi connectivity index (χ0) is 18.7. The predicted octanol–water partition coefficient (Wildman–Crippen LogP) is 5.35. The molecule has 0 saturated heterocycles. The molecule has 0 bridgehead atoms. The van der Waals surface area contributed by atoms with Gasteiger partial charge < -0.3 is 5.11 Å². The molecule has 0 spiro atoms. The molecule has 0 aliphatic carbocycles. The van der Waals surface area contributed by atoms with Crippen molar-refractivity contribution in [1.29, 1.82) is 0 Å². The molecule has 0 fully saturated rings. The first-order chi connectivity index (χ1) is 12.4. The van der Waals surface area contributed by atoms with Gasteiger partial charge in [-0.05, 0) is 53.9 Å². The van der Waals surface area contributed by atoms with E-state index in [0.29, 0.717) is 5.56 Å². The largest absolute Gasteiger partial charge is 0.382 e. The highest BCUT2D eigenvalue weighted by Crippen LogP contribution is 2.27. The summed E-state index contributed by atoms with van der Waals surface area (Å²) in [6.45, 7) is 3.03. The van der Waals surface area contributed by atoms with Crippen LogP contribution in [0.5, 0.6) is 0 Å². The van der Waals surface area contributed by atoms with Gasteiger partial charge in [0, 0.05) is 5.56 Å². The molecule has 0 aromatic heterocycles. The van der Waals surface area contributed by atoms with E-state index in [1.54, 1.807) is 6.07 Å². The molecular formula is C23H23O2P. The number of Topliss-reactive ketones (excluding diaryl/α,β-unsaturated/α-hetero) is 1. The minimum absolute atomic E-state index is 0.273. The lowest BCUT2D eigenvalue weighted by atomic mass is 9.93. The van der Waals surface area contributed by atoms with Crippen molar-refractivity contribution in [1.82, 2.24) is 0 Å². The van der Waals surface area contributed by atoms with Crippen LogP contribution in [0.3, 0.4) is 0 Å². The Balaban J connectivity index is 1.88. The van der Waals surface area contributed by atoms with Crippen molar-refractivity contribution in [3.63, 3.8) is 0 Å². The lowest BCUT2D eigenvalue weighted by Crippen LogP contribution is -2.31. The number of carbonyl (C=O) groups excluding carboxylic acids is 1. The summed E-state index contributed by atoms with van der Waals surface area (Å²) in [6.07, 6.45) is 0.957. The summed E-state index contributed by atoms with van der Waals surface area (Å²) >= 11 is 0. The van der Waals surface area contributed by atoms with Gasteiger partial charge in [-0.15, -0.1) is 9.24 Å². The van der Waals surface area contributed by atoms with Crippen molar-refractivity contribution >= 4 is 15.0 Å². The van der Waals surface area contributed by atoms with Crippen LogP contribution in [0, 0.1) is 0 Å². The predicted molar refractivity (Wildman–Crippen MR) is 111 cm³/mol. The Morgan fingerprint density at radius 3 is 1.85 bits per heavy atom. The molecule has 0 heterocycles. The third-order valence-electron chi connectivity index (χ3n) is 4.42. The molecule has 1 unspecified atom stereocenters. The van der Waals surface area contributed by atoms with E-state index in [1.807, 2.05) is 18.2 Å². The first kappa shape index (κ1) is 18.5. The van der Waals surface area contributed by atoms with Crippen LogP contribution in [0.15, 0.2) is 72.8 Å². The molecule has 0 aliphatic rings. The molecule has 3 rings (SSSR count). The maximum atomic E-state index is 12.3. The van der Waals surface area contributed by atoms with Gasteiger partial charge in [0.2, 0.25) is 0 Å². The summed E-state index contributed by atoms with van der Waals surface area (Å²) in [4.78, 5) is 12.3. The van der Waals surface area contributed by atoms with Crippen molar-refractivity contribution in [3.05, 3.63) is 83.9 Å². The molecule has 1 N–H and O–H groups in total. The molecule has 132 valence electrons. The first-order valence-corrected chi connectivity index (χ1v) is 9.47. The second-order valence-electron chi connectivity index (χ2n) is 6.95. The number of carbonyl (C=O) groups is 1. The monoisotopic (exact) mass is 362 g/mol. The smallest absolute Gasteiger partial charge is 0.193 e. The summed E-state index contributed by atoms with van der Waals surface area (Å²) in [5, 5.41) is 9.95. The highest BCUT2D eigenvalue weighted by Gasteiger charge is 2.25. The van der Waals surface area contributed by atoms with E-state index in [2.05, 4.69) is 57.8 Å². The SMILES string of the molecule is CC(C)(O)C(=O)c1cccc(-c2ccc(-c3ccc(CP)cc3)cc2)c1. The second kappa shape index (κ2) is 7.53. The molecule has 3 aromatic carbocycles. The Morgan fingerprint density at radius 1 is 0.846 bits per heavy atom. The van der Waals surface area contributed by atoms with Crippen molar-refractivity contribution < 1.29 is 9.90 Å². The third kappa shape index (κ3) is 4.09. The Morgan fingerprint density at radius 2 is 1.35 bits per heavy atom. The molecule has 26 heavy (non-hydrogen) atoms.